The van der Waals surface area contributed by atoms with Gasteiger partial charge in [0.15, 0.2) is 11.6 Å². The number of amides is 1. The third-order valence-electron chi connectivity index (χ3n) is 3.15. The maximum atomic E-state index is 13.8. The average molecular weight is 285 g/mol. The van der Waals surface area contributed by atoms with Crippen molar-refractivity contribution in [3.63, 3.8) is 0 Å². The van der Waals surface area contributed by atoms with Gasteiger partial charge in [0, 0.05) is 30.8 Å². The summed E-state index contributed by atoms with van der Waals surface area (Å²) in [5.41, 5.74) is 0. The summed E-state index contributed by atoms with van der Waals surface area (Å²) in [7, 11) is 0. The standard InChI is InChI=1S/C13H16FNO3S/c1-19-10-2-3-12(11(14)8-10)18-9-4-6-15(7-5-9)13(16)17/h2-3,8-9H,4-7H2,1H3,(H,16,17). The van der Waals surface area contributed by atoms with Crippen LogP contribution in [-0.4, -0.2) is 41.5 Å². The normalized spacial score (nSPS) is 16.4. The number of hydrogen-bond donors (Lipinski definition) is 1. The van der Waals surface area contributed by atoms with Crippen molar-refractivity contribution < 1.29 is 19.0 Å². The summed E-state index contributed by atoms with van der Waals surface area (Å²) < 4.78 is 19.4. The molecule has 0 radical (unpaired) electrons. The highest BCUT2D eigenvalue weighted by Gasteiger charge is 2.24. The van der Waals surface area contributed by atoms with Crippen molar-refractivity contribution in [2.45, 2.75) is 23.8 Å². The second-order valence-electron chi connectivity index (χ2n) is 4.38. The predicted octanol–water partition coefficient (Wildman–Crippen LogP) is 3.07. The molecule has 1 saturated heterocycles. The van der Waals surface area contributed by atoms with E-state index in [4.69, 9.17) is 9.84 Å². The smallest absolute Gasteiger partial charge is 0.407 e. The minimum Gasteiger partial charge on any atom is -0.487 e. The molecule has 19 heavy (non-hydrogen) atoms. The van der Waals surface area contributed by atoms with E-state index in [1.807, 2.05) is 12.3 Å². The van der Waals surface area contributed by atoms with E-state index >= 15 is 0 Å². The number of carboxylic acid groups (broad SMARTS) is 1. The van der Waals surface area contributed by atoms with Crippen molar-refractivity contribution in [2.24, 2.45) is 0 Å². The summed E-state index contributed by atoms with van der Waals surface area (Å²) in [5, 5.41) is 8.84. The van der Waals surface area contributed by atoms with E-state index < -0.39 is 6.09 Å². The highest BCUT2D eigenvalue weighted by Crippen LogP contribution is 2.26. The number of ether oxygens (including phenoxy) is 1. The number of nitrogens with zero attached hydrogens (tertiary/aromatic N) is 1. The van der Waals surface area contributed by atoms with Gasteiger partial charge < -0.3 is 14.7 Å². The van der Waals surface area contributed by atoms with Crippen LogP contribution in [0.5, 0.6) is 5.75 Å². The lowest BCUT2D eigenvalue weighted by Gasteiger charge is -2.30. The lowest BCUT2D eigenvalue weighted by Crippen LogP contribution is -2.41. The van der Waals surface area contributed by atoms with Crippen LogP contribution < -0.4 is 4.74 Å². The molecule has 1 aliphatic heterocycles. The Bertz CT molecular complexity index is 461. The minimum absolute atomic E-state index is 0.120. The molecule has 0 aliphatic carbocycles. The minimum atomic E-state index is -0.908. The Labute approximate surface area is 115 Å². The van der Waals surface area contributed by atoms with Crippen molar-refractivity contribution in [3.8, 4) is 5.75 Å². The van der Waals surface area contributed by atoms with Gasteiger partial charge in [-0.2, -0.15) is 0 Å². The molecular weight excluding hydrogens is 269 g/mol. The van der Waals surface area contributed by atoms with Gasteiger partial charge in [-0.05, 0) is 24.5 Å². The highest BCUT2D eigenvalue weighted by atomic mass is 32.2. The number of benzene rings is 1. The molecule has 0 spiro atoms. The third-order valence-corrected chi connectivity index (χ3v) is 3.87. The van der Waals surface area contributed by atoms with Gasteiger partial charge in [0.2, 0.25) is 0 Å². The van der Waals surface area contributed by atoms with Crippen LogP contribution in [0.15, 0.2) is 23.1 Å². The molecule has 0 atom stereocenters. The van der Waals surface area contributed by atoms with Crippen LogP contribution in [0.25, 0.3) is 0 Å². The molecule has 6 heteroatoms. The largest absolute Gasteiger partial charge is 0.487 e. The summed E-state index contributed by atoms with van der Waals surface area (Å²) in [4.78, 5) is 13.0. The van der Waals surface area contributed by atoms with Gasteiger partial charge in [-0.15, -0.1) is 11.8 Å². The summed E-state index contributed by atoms with van der Waals surface area (Å²) in [6.07, 6.45) is 2.04. The number of hydrogen-bond acceptors (Lipinski definition) is 3. The zero-order valence-corrected chi connectivity index (χ0v) is 11.5. The van der Waals surface area contributed by atoms with Gasteiger partial charge in [-0.1, -0.05) is 0 Å². The fourth-order valence-corrected chi connectivity index (χ4v) is 2.47. The van der Waals surface area contributed by atoms with E-state index in [-0.39, 0.29) is 17.7 Å². The lowest BCUT2D eigenvalue weighted by molar-refractivity contribution is 0.0872. The fourth-order valence-electron chi connectivity index (χ4n) is 2.05. The zero-order valence-electron chi connectivity index (χ0n) is 10.6. The Kier molecular flexibility index (Phi) is 4.52. The van der Waals surface area contributed by atoms with Crippen LogP contribution in [0, 0.1) is 5.82 Å². The number of halogens is 1. The molecular formula is C13H16FNO3S. The second-order valence-corrected chi connectivity index (χ2v) is 5.26. The second kappa shape index (κ2) is 6.14. The van der Waals surface area contributed by atoms with Gasteiger partial charge in [0.1, 0.15) is 6.10 Å². The summed E-state index contributed by atoms with van der Waals surface area (Å²) >= 11 is 1.47. The monoisotopic (exact) mass is 285 g/mol. The van der Waals surface area contributed by atoms with E-state index in [1.165, 1.54) is 22.7 Å². The molecule has 1 amide bonds. The maximum absolute atomic E-state index is 13.8. The molecule has 0 aromatic heterocycles. The van der Waals surface area contributed by atoms with Crippen LogP contribution in [0.3, 0.4) is 0 Å². The Morgan fingerprint density at radius 3 is 2.68 bits per heavy atom. The van der Waals surface area contributed by atoms with Crippen molar-refractivity contribution in [1.82, 2.24) is 4.90 Å². The topological polar surface area (TPSA) is 49.8 Å². The first-order chi connectivity index (χ1) is 9.10. The fraction of sp³-hybridized carbons (Fsp3) is 0.462. The Morgan fingerprint density at radius 1 is 1.47 bits per heavy atom. The summed E-state index contributed by atoms with van der Waals surface area (Å²) in [5.74, 6) is -0.126. The van der Waals surface area contributed by atoms with Gasteiger partial charge in [-0.25, -0.2) is 9.18 Å². The van der Waals surface area contributed by atoms with Gasteiger partial charge >= 0.3 is 6.09 Å². The quantitative estimate of drug-likeness (QED) is 0.867. The molecule has 1 N–H and O–H groups in total. The van der Waals surface area contributed by atoms with Gasteiger partial charge in [0.05, 0.1) is 0 Å². The molecule has 1 fully saturated rings. The zero-order chi connectivity index (χ0) is 13.8. The molecule has 0 unspecified atom stereocenters. The number of piperidine rings is 1. The molecule has 1 aromatic rings. The van der Waals surface area contributed by atoms with Gasteiger partial charge in [-0.3, -0.25) is 0 Å². The summed E-state index contributed by atoms with van der Waals surface area (Å²) in [6.45, 7) is 0.870. The van der Waals surface area contributed by atoms with Crippen LogP contribution in [0.1, 0.15) is 12.8 Å². The number of likely N-dealkylation sites (tertiary alicyclic amines) is 1. The van der Waals surface area contributed by atoms with Crippen LogP contribution in [-0.2, 0) is 0 Å². The highest BCUT2D eigenvalue weighted by molar-refractivity contribution is 7.98. The SMILES string of the molecule is CSc1ccc(OC2CCN(C(=O)O)CC2)c(F)c1. The van der Waals surface area contributed by atoms with Crippen LogP contribution >= 0.6 is 11.8 Å². The first kappa shape index (κ1) is 14.0. The van der Waals surface area contributed by atoms with E-state index in [0.29, 0.717) is 25.9 Å². The average Bonchev–Trinajstić information content (AvgIpc) is 2.41. The van der Waals surface area contributed by atoms with E-state index in [0.717, 1.165) is 4.90 Å². The first-order valence-corrected chi connectivity index (χ1v) is 7.30. The Hall–Kier alpha value is -1.43. The summed E-state index contributed by atoms with van der Waals surface area (Å²) in [6, 6.07) is 4.90. The number of thioether (sulfide) groups is 1. The molecule has 1 aromatic carbocycles. The molecule has 1 heterocycles. The van der Waals surface area contributed by atoms with Crippen molar-refractivity contribution in [1.29, 1.82) is 0 Å². The molecule has 4 nitrogen and oxygen atoms in total. The molecule has 2 rings (SSSR count). The lowest BCUT2D eigenvalue weighted by atomic mass is 10.1. The van der Waals surface area contributed by atoms with Crippen molar-refractivity contribution >= 4 is 17.9 Å². The predicted molar refractivity (Wildman–Crippen MR) is 71.4 cm³/mol. The number of rotatable bonds is 3. The molecule has 0 bridgehead atoms. The molecule has 0 saturated carbocycles. The van der Waals surface area contributed by atoms with E-state index in [1.54, 1.807) is 6.07 Å². The van der Waals surface area contributed by atoms with Gasteiger partial charge in [0.25, 0.3) is 0 Å². The number of carbonyl (C=O) groups is 1. The third kappa shape index (κ3) is 3.53. The van der Waals surface area contributed by atoms with Crippen molar-refractivity contribution in [2.75, 3.05) is 19.3 Å². The van der Waals surface area contributed by atoms with Crippen LogP contribution in [0.2, 0.25) is 0 Å². The van der Waals surface area contributed by atoms with E-state index in [2.05, 4.69) is 0 Å². The first-order valence-electron chi connectivity index (χ1n) is 6.08. The Morgan fingerprint density at radius 2 is 2.16 bits per heavy atom. The molecule has 104 valence electrons. The maximum Gasteiger partial charge on any atom is 0.407 e. The Balaban J connectivity index is 1.94. The van der Waals surface area contributed by atoms with E-state index in [9.17, 15) is 9.18 Å². The molecule has 1 aliphatic rings. The van der Waals surface area contributed by atoms with Crippen molar-refractivity contribution in [3.05, 3.63) is 24.0 Å². The van der Waals surface area contributed by atoms with Crippen LogP contribution in [0.4, 0.5) is 9.18 Å².